The molecule has 2 rings (SSSR count). The zero-order valence-corrected chi connectivity index (χ0v) is 9.30. The van der Waals surface area contributed by atoms with Crippen LogP contribution in [0, 0.1) is 6.92 Å². The molecule has 0 radical (unpaired) electrons. The van der Waals surface area contributed by atoms with E-state index < -0.39 is 5.97 Å². The number of hydrogen-bond donors (Lipinski definition) is 2. The summed E-state index contributed by atoms with van der Waals surface area (Å²) in [6, 6.07) is 9.18. The van der Waals surface area contributed by atoms with Crippen LogP contribution in [-0.2, 0) is 11.2 Å². The largest absolute Gasteiger partial charge is 0.481 e. The Hall–Kier alpha value is -2.30. The Balaban J connectivity index is 2.26. The van der Waals surface area contributed by atoms with Crippen molar-refractivity contribution in [1.82, 2.24) is 10.2 Å². The highest BCUT2D eigenvalue weighted by molar-refractivity contribution is 5.70. The Labute approximate surface area is 98.0 Å². The van der Waals surface area contributed by atoms with Crippen LogP contribution in [0.5, 0.6) is 11.5 Å². The molecule has 0 bridgehead atoms. The average molecular weight is 232 g/mol. The minimum atomic E-state index is -0.936. The van der Waals surface area contributed by atoms with Crippen LogP contribution in [0.4, 0.5) is 0 Å². The molecule has 1 aromatic heterocycles. The fraction of sp³-hybridized carbons (Fsp3) is 0.167. The van der Waals surface area contributed by atoms with Crippen molar-refractivity contribution in [2.45, 2.75) is 13.3 Å². The van der Waals surface area contributed by atoms with Crippen molar-refractivity contribution in [3.05, 3.63) is 41.7 Å². The van der Waals surface area contributed by atoms with Crippen molar-refractivity contribution in [3.8, 4) is 11.5 Å². The second-order valence-electron chi connectivity index (χ2n) is 3.61. The molecule has 1 heterocycles. The zero-order chi connectivity index (χ0) is 12.3. The van der Waals surface area contributed by atoms with Crippen molar-refractivity contribution in [3.63, 3.8) is 0 Å². The number of aromatic amines is 1. The molecule has 17 heavy (non-hydrogen) atoms. The van der Waals surface area contributed by atoms with Crippen LogP contribution in [0.25, 0.3) is 0 Å². The highest BCUT2D eigenvalue weighted by Crippen LogP contribution is 2.27. The lowest BCUT2D eigenvalue weighted by Gasteiger charge is -2.05. The van der Waals surface area contributed by atoms with Gasteiger partial charge in [-0.25, -0.2) is 0 Å². The molecule has 88 valence electrons. The zero-order valence-electron chi connectivity index (χ0n) is 9.30. The first-order chi connectivity index (χ1) is 8.16. The van der Waals surface area contributed by atoms with Crippen molar-refractivity contribution in [2.24, 2.45) is 0 Å². The maximum atomic E-state index is 10.7. The summed E-state index contributed by atoms with van der Waals surface area (Å²) in [6.45, 7) is 1.79. The molecule has 0 saturated carbocycles. The molecule has 0 aliphatic carbocycles. The highest BCUT2D eigenvalue weighted by atomic mass is 16.5. The van der Waals surface area contributed by atoms with E-state index in [0.29, 0.717) is 22.9 Å². The highest BCUT2D eigenvalue weighted by Gasteiger charge is 2.15. The number of carbonyl (C=O) groups is 1. The van der Waals surface area contributed by atoms with Gasteiger partial charge in [0.2, 0.25) is 0 Å². The predicted octanol–water partition coefficient (Wildman–Crippen LogP) is 2.14. The first-order valence-corrected chi connectivity index (χ1v) is 5.15. The SMILES string of the molecule is Cc1[nH]nc(CC(=O)O)c1Oc1ccccc1. The maximum absolute atomic E-state index is 10.7. The number of ether oxygens (including phenoxy) is 1. The number of para-hydroxylation sites is 1. The molecule has 0 amide bonds. The molecule has 2 N–H and O–H groups in total. The standard InChI is InChI=1S/C12H12N2O3/c1-8-12(10(14-13-8)7-11(15)16)17-9-5-3-2-4-6-9/h2-6H,7H2,1H3,(H,13,14)(H,15,16). The number of nitrogens with one attached hydrogen (secondary N) is 1. The monoisotopic (exact) mass is 232 g/mol. The number of aromatic nitrogens is 2. The van der Waals surface area contributed by atoms with Gasteiger partial charge in [-0.2, -0.15) is 5.10 Å². The molecule has 1 aromatic carbocycles. The minimum Gasteiger partial charge on any atom is -0.481 e. The summed E-state index contributed by atoms with van der Waals surface area (Å²) in [7, 11) is 0. The van der Waals surface area contributed by atoms with E-state index in [1.165, 1.54) is 0 Å². The molecule has 5 nitrogen and oxygen atoms in total. The summed E-state index contributed by atoms with van der Waals surface area (Å²) in [5.41, 5.74) is 1.11. The lowest BCUT2D eigenvalue weighted by molar-refractivity contribution is -0.136. The summed E-state index contributed by atoms with van der Waals surface area (Å²) in [4.78, 5) is 10.7. The van der Waals surface area contributed by atoms with Crippen LogP contribution >= 0.6 is 0 Å². The minimum absolute atomic E-state index is 0.160. The lowest BCUT2D eigenvalue weighted by Crippen LogP contribution is -2.02. The summed E-state index contributed by atoms with van der Waals surface area (Å²) in [5.74, 6) is 0.205. The third-order valence-electron chi connectivity index (χ3n) is 2.24. The predicted molar refractivity (Wildman–Crippen MR) is 61.2 cm³/mol. The fourth-order valence-corrected chi connectivity index (χ4v) is 1.47. The number of benzene rings is 1. The third-order valence-corrected chi connectivity index (χ3v) is 2.24. The number of carboxylic acids is 1. The van der Waals surface area contributed by atoms with E-state index in [9.17, 15) is 4.79 Å². The Kier molecular flexibility index (Phi) is 3.09. The first kappa shape index (κ1) is 11.2. The molecular weight excluding hydrogens is 220 g/mol. The van der Waals surface area contributed by atoms with Gasteiger partial charge >= 0.3 is 5.97 Å². The third kappa shape index (κ3) is 2.63. The van der Waals surface area contributed by atoms with Crippen LogP contribution in [0.3, 0.4) is 0 Å². The van der Waals surface area contributed by atoms with Gasteiger partial charge in [-0.15, -0.1) is 0 Å². The molecule has 0 fully saturated rings. The smallest absolute Gasteiger partial charge is 0.309 e. The van der Waals surface area contributed by atoms with Gasteiger partial charge in [0.25, 0.3) is 0 Å². The molecule has 0 saturated heterocycles. The second-order valence-corrected chi connectivity index (χ2v) is 3.61. The second kappa shape index (κ2) is 4.69. The van der Waals surface area contributed by atoms with Crippen molar-refractivity contribution < 1.29 is 14.6 Å². The van der Waals surface area contributed by atoms with Crippen molar-refractivity contribution >= 4 is 5.97 Å². The van der Waals surface area contributed by atoms with E-state index in [4.69, 9.17) is 9.84 Å². The number of nitrogens with zero attached hydrogens (tertiary/aromatic N) is 1. The van der Waals surface area contributed by atoms with Crippen LogP contribution in [0.15, 0.2) is 30.3 Å². The van der Waals surface area contributed by atoms with Gasteiger partial charge in [-0.1, -0.05) is 18.2 Å². The number of carboxylic acid groups (broad SMARTS) is 1. The Bertz CT molecular complexity index is 520. The molecule has 2 aromatic rings. The normalized spacial score (nSPS) is 10.2. The summed E-state index contributed by atoms with van der Waals surface area (Å²) in [5, 5.41) is 15.4. The van der Waals surface area contributed by atoms with Gasteiger partial charge in [-0.05, 0) is 19.1 Å². The molecule has 0 atom stereocenters. The maximum Gasteiger partial charge on any atom is 0.309 e. The van der Waals surface area contributed by atoms with E-state index in [1.807, 2.05) is 18.2 Å². The van der Waals surface area contributed by atoms with E-state index in [1.54, 1.807) is 19.1 Å². The molecule has 0 spiro atoms. The van der Waals surface area contributed by atoms with E-state index in [-0.39, 0.29) is 6.42 Å². The molecule has 0 aliphatic rings. The molecule has 5 heteroatoms. The Morgan fingerprint density at radius 1 is 1.41 bits per heavy atom. The van der Waals surface area contributed by atoms with Gasteiger partial charge < -0.3 is 9.84 Å². The van der Waals surface area contributed by atoms with Crippen LogP contribution in [0.2, 0.25) is 0 Å². The Morgan fingerprint density at radius 3 is 2.76 bits per heavy atom. The van der Waals surface area contributed by atoms with E-state index >= 15 is 0 Å². The topological polar surface area (TPSA) is 75.2 Å². The van der Waals surface area contributed by atoms with Crippen LogP contribution in [-0.4, -0.2) is 21.3 Å². The van der Waals surface area contributed by atoms with E-state index in [2.05, 4.69) is 10.2 Å². The van der Waals surface area contributed by atoms with Crippen LogP contribution < -0.4 is 4.74 Å². The number of H-pyrrole nitrogens is 1. The number of aliphatic carboxylic acids is 1. The average Bonchev–Trinajstić information content (AvgIpc) is 2.62. The number of hydrogen-bond acceptors (Lipinski definition) is 3. The fourth-order valence-electron chi connectivity index (χ4n) is 1.47. The summed E-state index contributed by atoms with van der Waals surface area (Å²) >= 11 is 0. The molecule has 0 unspecified atom stereocenters. The Morgan fingerprint density at radius 2 is 2.12 bits per heavy atom. The van der Waals surface area contributed by atoms with Crippen LogP contribution in [0.1, 0.15) is 11.4 Å². The first-order valence-electron chi connectivity index (χ1n) is 5.15. The van der Waals surface area contributed by atoms with Gasteiger partial charge in [0.15, 0.2) is 5.75 Å². The van der Waals surface area contributed by atoms with Gasteiger partial charge in [0.05, 0.1) is 12.1 Å². The van der Waals surface area contributed by atoms with Gasteiger partial charge in [0.1, 0.15) is 11.4 Å². The lowest BCUT2D eigenvalue weighted by atomic mass is 10.2. The van der Waals surface area contributed by atoms with Crippen molar-refractivity contribution in [1.29, 1.82) is 0 Å². The molecule has 0 aliphatic heterocycles. The molecular formula is C12H12N2O3. The number of aryl methyl sites for hydroxylation is 1. The van der Waals surface area contributed by atoms with Crippen molar-refractivity contribution in [2.75, 3.05) is 0 Å². The summed E-state index contributed by atoms with van der Waals surface area (Å²) in [6.07, 6.45) is -0.160. The summed E-state index contributed by atoms with van der Waals surface area (Å²) < 4.78 is 5.62. The van der Waals surface area contributed by atoms with Gasteiger partial charge in [0, 0.05) is 0 Å². The quantitative estimate of drug-likeness (QED) is 0.846. The number of rotatable bonds is 4. The van der Waals surface area contributed by atoms with E-state index in [0.717, 1.165) is 0 Å². The van der Waals surface area contributed by atoms with Gasteiger partial charge in [-0.3, -0.25) is 9.89 Å².